The number of hydrogen-bond donors (Lipinski definition) is 0. The zero-order valence-electron chi connectivity index (χ0n) is 22.1. The van der Waals surface area contributed by atoms with Gasteiger partial charge in [-0.15, -0.1) is 0 Å². The molecule has 2 aromatic carbocycles. The fraction of sp³-hybridized carbons (Fsp3) is 0.536. The van der Waals surface area contributed by atoms with Crippen LogP contribution in [0.25, 0.3) is 0 Å². The number of Topliss-reactive ketones (excluding diaryl/α,β-unsaturated/α-hetero) is 1. The van der Waals surface area contributed by atoms with Gasteiger partial charge in [-0.2, -0.15) is 0 Å². The number of aryl methyl sites for hydroxylation is 3. The molecule has 0 aliphatic carbocycles. The van der Waals surface area contributed by atoms with Gasteiger partial charge in [0.15, 0.2) is 5.78 Å². The van der Waals surface area contributed by atoms with Crippen molar-refractivity contribution in [3.05, 3.63) is 58.7 Å². The molecule has 0 heterocycles. The zero-order chi connectivity index (χ0) is 25.7. The van der Waals surface area contributed by atoms with Crippen LogP contribution in [0.3, 0.4) is 0 Å². The van der Waals surface area contributed by atoms with Crippen LogP contribution in [0.4, 0.5) is 5.69 Å². The smallest absolute Gasteiger partial charge is 0.234 e. The van der Waals surface area contributed by atoms with Crippen LogP contribution in [-0.4, -0.2) is 33.6 Å². The highest BCUT2D eigenvalue weighted by molar-refractivity contribution is 7.92. The largest absolute Gasteiger partial charge is 0.486 e. The van der Waals surface area contributed by atoms with Crippen molar-refractivity contribution >= 4 is 21.5 Å². The fourth-order valence-corrected chi connectivity index (χ4v) is 4.86. The third-order valence-corrected chi connectivity index (χ3v) is 8.28. The first-order valence-corrected chi connectivity index (χ1v) is 13.7. The third-order valence-electron chi connectivity index (χ3n) is 6.52. The summed E-state index contributed by atoms with van der Waals surface area (Å²) in [5.74, 6) is 1.34. The predicted octanol–water partition coefficient (Wildman–Crippen LogP) is 6.21. The molecular weight excluding hydrogens is 446 g/mol. The van der Waals surface area contributed by atoms with E-state index in [1.165, 1.54) is 15.4 Å². The van der Waals surface area contributed by atoms with Gasteiger partial charge in [-0.05, 0) is 80.3 Å². The Morgan fingerprint density at radius 3 is 2.24 bits per heavy atom. The van der Waals surface area contributed by atoms with Gasteiger partial charge < -0.3 is 4.74 Å². The second-order valence-corrected chi connectivity index (χ2v) is 12.4. The molecule has 2 rings (SSSR count). The molecule has 0 spiro atoms. The monoisotopic (exact) mass is 487 g/mol. The predicted molar refractivity (Wildman–Crippen MR) is 142 cm³/mol. The minimum atomic E-state index is -3.27. The number of ketones is 1. The highest BCUT2D eigenvalue weighted by atomic mass is 32.2. The minimum absolute atomic E-state index is 0.0824. The van der Waals surface area contributed by atoms with Crippen LogP contribution < -0.4 is 9.04 Å². The Kier molecular flexibility index (Phi) is 9.35. The quantitative estimate of drug-likeness (QED) is 0.378. The Morgan fingerprint density at radius 1 is 1.03 bits per heavy atom. The van der Waals surface area contributed by atoms with Crippen molar-refractivity contribution in [3.8, 4) is 5.75 Å². The average Bonchev–Trinajstić information content (AvgIpc) is 2.77. The summed E-state index contributed by atoms with van der Waals surface area (Å²) in [7, 11) is -1.66. The maximum absolute atomic E-state index is 12.2. The molecule has 0 amide bonds. The molecular formula is C28H41NO4S. The van der Waals surface area contributed by atoms with Crippen molar-refractivity contribution in [2.75, 3.05) is 23.7 Å². The standard InChI is InChI=1S/C28H41NO4S/c1-9-23(24-14-16-26(21(4)18-24)33-19-27(30)28(5,6)7)13-11-22-12-15-25(20(3)17-22)29(8)34(31,32)10-2/h12,14-18,23H,9-11,13,19H2,1-8H3. The molecule has 6 heteroatoms. The van der Waals surface area contributed by atoms with Crippen molar-refractivity contribution in [2.45, 2.75) is 73.6 Å². The topological polar surface area (TPSA) is 63.7 Å². The average molecular weight is 488 g/mol. The molecule has 2 aromatic rings. The number of hydrogen-bond acceptors (Lipinski definition) is 4. The van der Waals surface area contributed by atoms with Crippen LogP contribution in [0.5, 0.6) is 5.75 Å². The number of sulfonamides is 1. The normalized spacial score (nSPS) is 12.9. The number of carbonyl (C=O) groups is 1. The SMILES string of the molecule is CCC(CCc1ccc(N(C)S(=O)(=O)CC)c(C)c1)c1ccc(OCC(=O)C(C)(C)C)c(C)c1. The van der Waals surface area contributed by atoms with Gasteiger partial charge in [0.25, 0.3) is 0 Å². The third kappa shape index (κ3) is 7.08. The lowest BCUT2D eigenvalue weighted by Gasteiger charge is -2.22. The molecule has 0 saturated carbocycles. The van der Waals surface area contributed by atoms with Gasteiger partial charge in [0.2, 0.25) is 10.0 Å². The van der Waals surface area contributed by atoms with E-state index >= 15 is 0 Å². The van der Waals surface area contributed by atoms with E-state index < -0.39 is 15.4 Å². The van der Waals surface area contributed by atoms with E-state index in [1.807, 2.05) is 52.8 Å². The number of nitrogens with zero attached hydrogens (tertiary/aromatic N) is 1. The summed E-state index contributed by atoms with van der Waals surface area (Å²) in [6.45, 7) is 13.6. The van der Waals surface area contributed by atoms with E-state index in [0.29, 0.717) is 5.92 Å². The summed E-state index contributed by atoms with van der Waals surface area (Å²) in [4.78, 5) is 12.2. The second kappa shape index (κ2) is 11.4. The summed E-state index contributed by atoms with van der Waals surface area (Å²) >= 11 is 0. The molecule has 0 fully saturated rings. The van der Waals surface area contributed by atoms with Gasteiger partial charge in [0.05, 0.1) is 11.4 Å². The number of carbonyl (C=O) groups excluding carboxylic acids is 1. The van der Waals surface area contributed by atoms with Gasteiger partial charge in [-0.3, -0.25) is 9.10 Å². The number of anilines is 1. The number of rotatable bonds is 11. The molecule has 0 saturated heterocycles. The molecule has 188 valence electrons. The van der Waals surface area contributed by atoms with Gasteiger partial charge >= 0.3 is 0 Å². The molecule has 0 bridgehead atoms. The van der Waals surface area contributed by atoms with Crippen LogP contribution >= 0.6 is 0 Å². The zero-order valence-corrected chi connectivity index (χ0v) is 22.9. The van der Waals surface area contributed by atoms with Crippen molar-refractivity contribution in [1.29, 1.82) is 0 Å². The Morgan fingerprint density at radius 2 is 1.71 bits per heavy atom. The summed E-state index contributed by atoms with van der Waals surface area (Å²) in [5, 5.41) is 0. The lowest BCUT2D eigenvalue weighted by Crippen LogP contribution is -2.28. The summed E-state index contributed by atoms with van der Waals surface area (Å²) < 4.78 is 31.6. The molecule has 1 atom stereocenters. The molecule has 0 N–H and O–H groups in total. The first kappa shape index (κ1) is 27.9. The maximum Gasteiger partial charge on any atom is 0.234 e. The van der Waals surface area contributed by atoms with Gasteiger partial charge in [0.1, 0.15) is 12.4 Å². The molecule has 0 aliphatic heterocycles. The van der Waals surface area contributed by atoms with Crippen LogP contribution in [-0.2, 0) is 21.2 Å². The molecule has 34 heavy (non-hydrogen) atoms. The lowest BCUT2D eigenvalue weighted by atomic mass is 9.89. The first-order chi connectivity index (χ1) is 15.8. The Bertz CT molecular complexity index is 1100. The van der Waals surface area contributed by atoms with Gasteiger partial charge in [-0.25, -0.2) is 8.42 Å². The lowest BCUT2D eigenvalue weighted by molar-refractivity contribution is -0.128. The first-order valence-electron chi connectivity index (χ1n) is 12.1. The van der Waals surface area contributed by atoms with Crippen LogP contribution in [0.2, 0.25) is 0 Å². The number of ether oxygens (including phenoxy) is 1. The Hall–Kier alpha value is -2.34. The molecule has 0 radical (unpaired) electrons. The molecule has 1 unspecified atom stereocenters. The van der Waals surface area contributed by atoms with Crippen molar-refractivity contribution in [3.63, 3.8) is 0 Å². The Labute approximate surface area is 206 Å². The second-order valence-electron chi connectivity index (χ2n) is 10.1. The summed E-state index contributed by atoms with van der Waals surface area (Å²) in [6, 6.07) is 12.3. The van der Waals surface area contributed by atoms with E-state index in [0.717, 1.165) is 41.8 Å². The van der Waals surface area contributed by atoms with Gasteiger partial charge in [0, 0.05) is 12.5 Å². The van der Waals surface area contributed by atoms with Crippen molar-refractivity contribution in [1.82, 2.24) is 0 Å². The van der Waals surface area contributed by atoms with E-state index in [-0.39, 0.29) is 18.1 Å². The maximum atomic E-state index is 12.2. The molecule has 5 nitrogen and oxygen atoms in total. The highest BCUT2D eigenvalue weighted by Crippen LogP contribution is 2.30. The Balaban J connectivity index is 2.07. The number of benzene rings is 2. The van der Waals surface area contributed by atoms with Crippen LogP contribution in [0.1, 0.15) is 75.6 Å². The highest BCUT2D eigenvalue weighted by Gasteiger charge is 2.22. The van der Waals surface area contributed by atoms with Crippen molar-refractivity contribution < 1.29 is 17.9 Å². The summed E-state index contributed by atoms with van der Waals surface area (Å²) in [5.41, 5.74) is 4.81. The van der Waals surface area contributed by atoms with E-state index in [2.05, 4.69) is 25.1 Å². The molecule has 0 aliphatic rings. The summed E-state index contributed by atoms with van der Waals surface area (Å²) in [6.07, 6.45) is 2.94. The van der Waals surface area contributed by atoms with Crippen molar-refractivity contribution in [2.24, 2.45) is 5.41 Å². The molecule has 0 aromatic heterocycles. The van der Waals surface area contributed by atoms with Crippen LogP contribution in [0.15, 0.2) is 36.4 Å². The minimum Gasteiger partial charge on any atom is -0.486 e. The van der Waals surface area contributed by atoms with E-state index in [9.17, 15) is 13.2 Å². The van der Waals surface area contributed by atoms with E-state index in [1.54, 1.807) is 14.0 Å². The van der Waals surface area contributed by atoms with E-state index in [4.69, 9.17) is 4.74 Å². The van der Waals surface area contributed by atoms with Gasteiger partial charge in [-0.1, -0.05) is 52.0 Å². The fourth-order valence-electron chi connectivity index (χ4n) is 3.97. The van der Waals surface area contributed by atoms with Crippen LogP contribution in [0, 0.1) is 19.3 Å².